The van der Waals surface area contributed by atoms with Crippen LogP contribution in [0.3, 0.4) is 0 Å². The molecule has 2 amide bonds. The number of fused-ring (bicyclic) bond motifs is 1. The minimum Gasteiger partial charge on any atom is -0.490 e. The Bertz CT molecular complexity index is 922. The molecule has 1 saturated heterocycles. The van der Waals surface area contributed by atoms with Crippen molar-refractivity contribution >= 4 is 17.5 Å². The van der Waals surface area contributed by atoms with E-state index in [0.717, 1.165) is 43.9 Å². The van der Waals surface area contributed by atoms with Gasteiger partial charge in [-0.2, -0.15) is 0 Å². The fourth-order valence-corrected chi connectivity index (χ4v) is 4.39. The van der Waals surface area contributed by atoms with E-state index in [0.29, 0.717) is 13.2 Å². The molecular weight excluding hydrogens is 390 g/mol. The predicted molar refractivity (Wildman–Crippen MR) is 121 cm³/mol. The molecule has 0 aromatic heterocycles. The van der Waals surface area contributed by atoms with Gasteiger partial charge in [-0.3, -0.25) is 14.5 Å². The minimum absolute atomic E-state index is 0.0288. The summed E-state index contributed by atoms with van der Waals surface area (Å²) in [7, 11) is 0. The highest BCUT2D eigenvalue weighted by molar-refractivity contribution is 5.97. The Morgan fingerprint density at radius 2 is 1.84 bits per heavy atom. The number of carbonyl (C=O) groups excluding carboxylic acids is 2. The molecule has 0 radical (unpaired) electrons. The van der Waals surface area contributed by atoms with Crippen molar-refractivity contribution in [3.8, 4) is 5.75 Å². The molecule has 2 aliphatic heterocycles. The van der Waals surface area contributed by atoms with Crippen LogP contribution in [-0.4, -0.2) is 49.0 Å². The van der Waals surface area contributed by atoms with E-state index in [-0.39, 0.29) is 30.7 Å². The monoisotopic (exact) mass is 421 g/mol. The maximum Gasteiger partial charge on any atom is 0.227 e. The van der Waals surface area contributed by atoms with E-state index in [1.807, 2.05) is 24.3 Å². The molecule has 2 heterocycles. The Balaban J connectivity index is 1.19. The highest BCUT2D eigenvalue weighted by Crippen LogP contribution is 2.31. The summed E-state index contributed by atoms with van der Waals surface area (Å²) in [6, 6.07) is 16.4. The van der Waals surface area contributed by atoms with Crippen molar-refractivity contribution in [2.24, 2.45) is 0 Å². The van der Waals surface area contributed by atoms with Crippen molar-refractivity contribution in [2.75, 3.05) is 31.1 Å². The second-order valence-corrected chi connectivity index (χ2v) is 8.47. The fraction of sp³-hybridized carbons (Fsp3) is 0.440. The lowest BCUT2D eigenvalue weighted by Gasteiger charge is -2.32. The molecule has 2 aliphatic rings. The van der Waals surface area contributed by atoms with Crippen LogP contribution in [0.25, 0.3) is 0 Å². The number of nitrogens with one attached hydrogen (secondary N) is 1. The van der Waals surface area contributed by atoms with Gasteiger partial charge in [-0.15, -0.1) is 0 Å². The molecule has 0 atom stereocenters. The van der Waals surface area contributed by atoms with Crippen molar-refractivity contribution in [2.45, 2.75) is 45.2 Å². The lowest BCUT2D eigenvalue weighted by Crippen LogP contribution is -2.44. The number of hydrogen-bond acceptors (Lipinski definition) is 4. The van der Waals surface area contributed by atoms with Crippen LogP contribution in [0.1, 0.15) is 36.8 Å². The van der Waals surface area contributed by atoms with Gasteiger partial charge in [0.05, 0.1) is 12.2 Å². The van der Waals surface area contributed by atoms with Crippen LogP contribution in [-0.2, 0) is 16.1 Å². The number of likely N-dealkylation sites (tertiary alicyclic amines) is 1. The summed E-state index contributed by atoms with van der Waals surface area (Å²) in [5, 5.41) is 3.13. The quantitative estimate of drug-likeness (QED) is 0.778. The molecule has 31 heavy (non-hydrogen) atoms. The topological polar surface area (TPSA) is 61.9 Å². The third-order valence-corrected chi connectivity index (χ3v) is 6.04. The van der Waals surface area contributed by atoms with E-state index >= 15 is 0 Å². The average molecular weight is 422 g/mol. The van der Waals surface area contributed by atoms with Gasteiger partial charge in [-0.25, -0.2) is 0 Å². The van der Waals surface area contributed by atoms with Gasteiger partial charge in [0.1, 0.15) is 12.4 Å². The molecular formula is C25H31N3O3. The molecule has 2 aromatic carbocycles. The first kappa shape index (κ1) is 21.4. The van der Waals surface area contributed by atoms with Crippen LogP contribution in [0.5, 0.6) is 5.75 Å². The van der Waals surface area contributed by atoms with Crippen molar-refractivity contribution in [1.29, 1.82) is 0 Å². The number of rotatable bonds is 6. The molecule has 1 N–H and O–H groups in total. The number of nitrogens with zero attached hydrogens (tertiary/aromatic N) is 2. The predicted octanol–water partition coefficient (Wildman–Crippen LogP) is 3.28. The first-order valence-electron chi connectivity index (χ1n) is 11.2. The van der Waals surface area contributed by atoms with Gasteiger partial charge in [-0.05, 0) is 37.5 Å². The summed E-state index contributed by atoms with van der Waals surface area (Å²) in [6.07, 6.45) is 2.33. The molecule has 0 spiro atoms. The normalized spacial score (nSPS) is 17.0. The number of hydrogen-bond donors (Lipinski definition) is 1. The average Bonchev–Trinajstić information content (AvgIpc) is 2.78. The van der Waals surface area contributed by atoms with Crippen LogP contribution >= 0.6 is 0 Å². The molecule has 164 valence electrons. The number of anilines is 1. The molecule has 1 fully saturated rings. The third-order valence-electron chi connectivity index (χ3n) is 6.04. The van der Waals surface area contributed by atoms with Crippen LogP contribution in [0.15, 0.2) is 48.5 Å². The maximum absolute atomic E-state index is 12.7. The smallest absolute Gasteiger partial charge is 0.227 e. The largest absolute Gasteiger partial charge is 0.490 e. The number of aryl methyl sites for hydroxylation is 1. The zero-order valence-corrected chi connectivity index (χ0v) is 18.2. The number of ether oxygens (including phenoxy) is 1. The summed E-state index contributed by atoms with van der Waals surface area (Å²) >= 11 is 0. The Kier molecular flexibility index (Phi) is 6.87. The molecule has 6 heteroatoms. The summed E-state index contributed by atoms with van der Waals surface area (Å²) in [4.78, 5) is 29.3. The second kappa shape index (κ2) is 9.96. The van der Waals surface area contributed by atoms with Crippen molar-refractivity contribution in [3.05, 3.63) is 59.7 Å². The third kappa shape index (κ3) is 5.64. The number of carbonyl (C=O) groups is 2. The van der Waals surface area contributed by atoms with E-state index in [1.165, 1.54) is 11.1 Å². The zero-order chi connectivity index (χ0) is 21.6. The molecule has 2 aromatic rings. The van der Waals surface area contributed by atoms with E-state index in [4.69, 9.17) is 4.74 Å². The van der Waals surface area contributed by atoms with E-state index in [2.05, 4.69) is 41.4 Å². The Labute approximate surface area is 184 Å². The summed E-state index contributed by atoms with van der Waals surface area (Å²) in [6.45, 7) is 6.03. The summed E-state index contributed by atoms with van der Waals surface area (Å²) in [5.41, 5.74) is 3.42. The van der Waals surface area contributed by atoms with Gasteiger partial charge in [-0.1, -0.05) is 42.0 Å². The first-order chi connectivity index (χ1) is 15.1. The van der Waals surface area contributed by atoms with Gasteiger partial charge in [0, 0.05) is 38.5 Å². The maximum atomic E-state index is 12.7. The highest BCUT2D eigenvalue weighted by Gasteiger charge is 2.25. The van der Waals surface area contributed by atoms with Crippen molar-refractivity contribution in [3.63, 3.8) is 0 Å². The molecule has 0 saturated carbocycles. The van der Waals surface area contributed by atoms with E-state index in [9.17, 15) is 9.59 Å². The number of benzene rings is 2. The molecule has 0 bridgehead atoms. The van der Waals surface area contributed by atoms with E-state index < -0.39 is 0 Å². The number of piperidine rings is 1. The Hall–Kier alpha value is -2.86. The molecule has 4 rings (SSSR count). The lowest BCUT2D eigenvalue weighted by atomic mass is 10.0. The van der Waals surface area contributed by atoms with Crippen molar-refractivity contribution < 1.29 is 14.3 Å². The van der Waals surface area contributed by atoms with Gasteiger partial charge in [0.15, 0.2) is 0 Å². The Morgan fingerprint density at radius 3 is 2.65 bits per heavy atom. The molecule has 0 aliphatic carbocycles. The first-order valence-corrected chi connectivity index (χ1v) is 11.2. The van der Waals surface area contributed by atoms with Crippen LogP contribution in [0.2, 0.25) is 0 Å². The molecule has 0 unspecified atom stereocenters. The SMILES string of the molecule is Cc1cccc(CN2CCC(NC(=O)CCC(=O)N3CCOc4ccccc43)CC2)c1. The lowest BCUT2D eigenvalue weighted by molar-refractivity contribution is -0.126. The highest BCUT2D eigenvalue weighted by atomic mass is 16.5. The standard InChI is InChI=1S/C25H31N3O3/c1-19-5-4-6-20(17-19)18-27-13-11-21(12-14-27)26-24(29)9-10-25(30)28-15-16-31-23-8-3-2-7-22(23)28/h2-8,17,21H,9-16,18H2,1H3,(H,26,29). The van der Waals surface area contributed by atoms with E-state index in [1.54, 1.807) is 4.90 Å². The Morgan fingerprint density at radius 1 is 1.03 bits per heavy atom. The van der Waals surface area contributed by atoms with Crippen LogP contribution in [0.4, 0.5) is 5.69 Å². The van der Waals surface area contributed by atoms with Crippen molar-refractivity contribution in [1.82, 2.24) is 10.2 Å². The second-order valence-electron chi connectivity index (χ2n) is 8.47. The van der Waals surface area contributed by atoms with Gasteiger partial charge >= 0.3 is 0 Å². The summed E-state index contributed by atoms with van der Waals surface area (Å²) in [5.74, 6) is 0.662. The van der Waals surface area contributed by atoms with Gasteiger partial charge in [0.25, 0.3) is 0 Å². The van der Waals surface area contributed by atoms with Crippen LogP contribution < -0.4 is 15.0 Å². The number of para-hydroxylation sites is 2. The van der Waals surface area contributed by atoms with Gasteiger partial charge in [0.2, 0.25) is 11.8 Å². The number of amides is 2. The minimum atomic E-state index is -0.0352. The van der Waals surface area contributed by atoms with Gasteiger partial charge < -0.3 is 15.0 Å². The summed E-state index contributed by atoms with van der Waals surface area (Å²) < 4.78 is 5.60. The fourth-order valence-electron chi connectivity index (χ4n) is 4.39. The zero-order valence-electron chi connectivity index (χ0n) is 18.2. The van der Waals surface area contributed by atoms with Crippen LogP contribution in [0, 0.1) is 6.92 Å². The molecule has 6 nitrogen and oxygen atoms in total.